The third kappa shape index (κ3) is 5.26. The molecule has 1 atom stereocenters. The first-order valence-electron chi connectivity index (χ1n) is 11.2. The highest BCUT2D eigenvalue weighted by molar-refractivity contribution is 8.00. The van der Waals surface area contributed by atoms with Crippen molar-refractivity contribution >= 4 is 45.9 Å². The van der Waals surface area contributed by atoms with E-state index < -0.39 is 5.25 Å². The number of fused-ring (bicyclic) bond motifs is 2. The van der Waals surface area contributed by atoms with Crippen LogP contribution < -0.4 is 10.5 Å². The van der Waals surface area contributed by atoms with Crippen LogP contribution in [0.1, 0.15) is 32.8 Å². The van der Waals surface area contributed by atoms with Crippen molar-refractivity contribution in [1.29, 1.82) is 0 Å². The van der Waals surface area contributed by atoms with E-state index in [1.165, 1.54) is 17.3 Å². The lowest BCUT2D eigenvalue weighted by atomic mass is 10.2. The van der Waals surface area contributed by atoms with Gasteiger partial charge in [-0.05, 0) is 63.4 Å². The molecule has 2 heterocycles. The van der Waals surface area contributed by atoms with E-state index in [1.54, 1.807) is 22.8 Å². The van der Waals surface area contributed by atoms with Crippen LogP contribution >= 0.6 is 23.4 Å². The monoisotopic (exact) mass is 485 g/mol. The number of amides is 1. The fraction of sp³-hybridized carbons (Fsp3) is 0.400. The number of thioether (sulfide) groups is 1. The van der Waals surface area contributed by atoms with Crippen LogP contribution in [0.15, 0.2) is 52.4 Å². The maximum absolute atomic E-state index is 13.3. The number of hydrogen-bond acceptors (Lipinski definition) is 5. The molecule has 0 radical (unpaired) electrons. The Morgan fingerprint density at radius 2 is 2.00 bits per heavy atom. The Morgan fingerprint density at radius 3 is 2.79 bits per heavy atom. The normalized spacial score (nSPS) is 14.2. The predicted octanol–water partition coefficient (Wildman–Crippen LogP) is 4.93. The number of halogens is 1. The van der Waals surface area contributed by atoms with Gasteiger partial charge in [-0.25, -0.2) is 4.98 Å². The minimum atomic E-state index is -0.405. The first kappa shape index (κ1) is 23.8. The van der Waals surface area contributed by atoms with Gasteiger partial charge in [0.1, 0.15) is 0 Å². The van der Waals surface area contributed by atoms with Gasteiger partial charge in [-0.3, -0.25) is 14.2 Å². The number of rotatable bonds is 8. The zero-order chi connectivity index (χ0) is 23.5. The van der Waals surface area contributed by atoms with Crippen LogP contribution in [-0.2, 0) is 22.5 Å². The first-order valence-corrected chi connectivity index (χ1v) is 12.5. The minimum absolute atomic E-state index is 0.0140. The Balaban J connectivity index is 1.61. The third-order valence-electron chi connectivity index (χ3n) is 5.64. The van der Waals surface area contributed by atoms with Gasteiger partial charge in [-0.1, -0.05) is 41.6 Å². The summed E-state index contributed by atoms with van der Waals surface area (Å²) < 4.78 is 7.30. The Hall–Kier alpha value is -2.35. The van der Waals surface area contributed by atoms with Crippen LogP contribution in [-0.4, -0.2) is 40.0 Å². The largest absolute Gasteiger partial charge is 0.379 e. The van der Waals surface area contributed by atoms with E-state index in [0.29, 0.717) is 47.2 Å². The van der Waals surface area contributed by atoms with Crippen LogP contribution in [0.3, 0.4) is 0 Å². The second-order valence-electron chi connectivity index (χ2n) is 8.41. The Bertz CT molecular complexity index is 1230. The summed E-state index contributed by atoms with van der Waals surface area (Å²) in [5.41, 5.74) is 2.56. The highest BCUT2D eigenvalue weighted by Gasteiger charge is 2.29. The smallest absolute Gasteiger partial charge is 0.262 e. The molecule has 0 spiro atoms. The number of aromatic nitrogens is 2. The van der Waals surface area contributed by atoms with Crippen molar-refractivity contribution in [2.45, 2.75) is 56.7 Å². The van der Waals surface area contributed by atoms with Gasteiger partial charge in [0.25, 0.3) is 5.56 Å². The number of benzene rings is 2. The lowest BCUT2D eigenvalue weighted by Crippen LogP contribution is -2.36. The van der Waals surface area contributed by atoms with Crippen molar-refractivity contribution in [3.8, 4) is 0 Å². The van der Waals surface area contributed by atoms with Gasteiger partial charge in [-0.2, -0.15) is 0 Å². The topological polar surface area (TPSA) is 64.4 Å². The number of para-hydroxylation sites is 1. The first-order chi connectivity index (χ1) is 15.8. The molecule has 4 rings (SSSR count). The van der Waals surface area contributed by atoms with E-state index in [0.717, 1.165) is 12.1 Å². The summed E-state index contributed by atoms with van der Waals surface area (Å²) in [6.45, 7) is 7.52. The Labute approximate surface area is 202 Å². The van der Waals surface area contributed by atoms with Gasteiger partial charge in [0.05, 0.1) is 22.3 Å². The number of anilines is 1. The molecule has 6 nitrogen and oxygen atoms in total. The molecule has 2 aromatic carbocycles. The highest BCUT2D eigenvalue weighted by Crippen LogP contribution is 2.31. The maximum Gasteiger partial charge on any atom is 0.262 e. The van der Waals surface area contributed by atoms with Gasteiger partial charge in [-0.15, -0.1) is 0 Å². The van der Waals surface area contributed by atoms with E-state index in [9.17, 15) is 9.59 Å². The molecule has 174 valence electrons. The molecule has 0 N–H and O–H groups in total. The summed E-state index contributed by atoms with van der Waals surface area (Å²) >= 11 is 7.47. The molecule has 0 saturated heterocycles. The summed E-state index contributed by atoms with van der Waals surface area (Å²) in [7, 11) is 0. The van der Waals surface area contributed by atoms with Gasteiger partial charge in [0, 0.05) is 30.4 Å². The van der Waals surface area contributed by atoms with Crippen molar-refractivity contribution in [2.75, 3.05) is 18.1 Å². The van der Waals surface area contributed by atoms with Gasteiger partial charge in [0.2, 0.25) is 5.91 Å². The highest BCUT2D eigenvalue weighted by atomic mass is 35.5. The average molecular weight is 486 g/mol. The molecule has 3 aromatic rings. The average Bonchev–Trinajstić information content (AvgIpc) is 3.21. The van der Waals surface area contributed by atoms with E-state index in [-0.39, 0.29) is 17.6 Å². The fourth-order valence-corrected chi connectivity index (χ4v) is 5.16. The van der Waals surface area contributed by atoms with Crippen LogP contribution in [0.5, 0.6) is 0 Å². The molecule has 0 fully saturated rings. The quantitative estimate of drug-likeness (QED) is 0.257. The second kappa shape index (κ2) is 10.3. The van der Waals surface area contributed by atoms with Crippen LogP contribution in [0.4, 0.5) is 5.69 Å². The van der Waals surface area contributed by atoms with E-state index in [4.69, 9.17) is 21.3 Å². The molecule has 1 aliphatic heterocycles. The molecule has 1 amide bonds. The van der Waals surface area contributed by atoms with E-state index in [2.05, 4.69) is 6.07 Å². The molecule has 0 bridgehead atoms. The van der Waals surface area contributed by atoms with Crippen LogP contribution in [0, 0.1) is 0 Å². The SMILES string of the molecule is CC(C)OCCCn1c(SC(C)C(=O)N2CCc3ccccc32)nc2cc(Cl)ccc2c1=O. The zero-order valence-corrected chi connectivity index (χ0v) is 20.7. The molecule has 1 aliphatic rings. The van der Waals surface area contributed by atoms with Crippen molar-refractivity contribution < 1.29 is 9.53 Å². The van der Waals surface area contributed by atoms with Gasteiger partial charge in [0.15, 0.2) is 5.16 Å². The number of carbonyl (C=O) groups excluding carboxylic acids is 1. The van der Waals surface area contributed by atoms with E-state index >= 15 is 0 Å². The molecular formula is C25H28ClN3O3S. The van der Waals surface area contributed by atoms with Gasteiger partial charge >= 0.3 is 0 Å². The lowest BCUT2D eigenvalue weighted by Gasteiger charge is -2.22. The summed E-state index contributed by atoms with van der Waals surface area (Å²) in [4.78, 5) is 33.2. The van der Waals surface area contributed by atoms with Crippen LogP contribution in [0.2, 0.25) is 5.02 Å². The zero-order valence-electron chi connectivity index (χ0n) is 19.1. The number of ether oxygens (including phenoxy) is 1. The second-order valence-corrected chi connectivity index (χ2v) is 10.2. The summed E-state index contributed by atoms with van der Waals surface area (Å²) in [6.07, 6.45) is 1.66. The predicted molar refractivity (Wildman–Crippen MR) is 135 cm³/mol. The maximum atomic E-state index is 13.3. The minimum Gasteiger partial charge on any atom is -0.379 e. The molecular weight excluding hydrogens is 458 g/mol. The Morgan fingerprint density at radius 1 is 1.21 bits per heavy atom. The molecule has 33 heavy (non-hydrogen) atoms. The number of carbonyl (C=O) groups is 1. The third-order valence-corrected chi connectivity index (χ3v) is 6.96. The van der Waals surface area contributed by atoms with Crippen LogP contribution in [0.25, 0.3) is 10.9 Å². The van der Waals surface area contributed by atoms with Crippen molar-refractivity contribution in [2.24, 2.45) is 0 Å². The Kier molecular flexibility index (Phi) is 7.41. The number of hydrogen-bond donors (Lipinski definition) is 0. The molecule has 0 saturated carbocycles. The van der Waals surface area contributed by atoms with Crippen molar-refractivity contribution in [3.63, 3.8) is 0 Å². The number of nitrogens with zero attached hydrogens (tertiary/aromatic N) is 3. The van der Waals surface area contributed by atoms with E-state index in [1.807, 2.05) is 43.9 Å². The summed E-state index contributed by atoms with van der Waals surface area (Å²) in [6, 6.07) is 13.1. The molecule has 1 aromatic heterocycles. The fourth-order valence-electron chi connectivity index (χ4n) is 4.00. The standard InChI is InChI=1S/C25H28ClN3O3S/c1-16(2)32-14-6-12-29-24(31)20-10-9-19(26)15-21(20)27-25(29)33-17(3)23(30)28-13-11-18-7-4-5-8-22(18)28/h4-5,7-10,15-17H,6,11-14H2,1-3H3. The molecule has 1 unspecified atom stereocenters. The van der Waals surface area contributed by atoms with Gasteiger partial charge < -0.3 is 9.64 Å². The summed E-state index contributed by atoms with van der Waals surface area (Å²) in [5, 5.41) is 1.15. The molecule has 0 aliphatic carbocycles. The van der Waals surface area contributed by atoms with Crippen molar-refractivity contribution in [1.82, 2.24) is 9.55 Å². The lowest BCUT2D eigenvalue weighted by molar-refractivity contribution is -0.117. The van der Waals surface area contributed by atoms with Crippen molar-refractivity contribution in [3.05, 3.63) is 63.4 Å². The molecule has 8 heteroatoms. The summed E-state index contributed by atoms with van der Waals surface area (Å²) in [5.74, 6) is 0.0140.